The van der Waals surface area contributed by atoms with E-state index < -0.39 is 11.6 Å². The first kappa shape index (κ1) is 14.9. The molecule has 1 amide bonds. The van der Waals surface area contributed by atoms with Crippen molar-refractivity contribution in [2.75, 3.05) is 26.3 Å². The molecular weight excluding hydrogens is 276 g/mol. The average molecular weight is 292 g/mol. The molecule has 21 heavy (non-hydrogen) atoms. The van der Waals surface area contributed by atoms with Gasteiger partial charge in [0.25, 0.3) is 5.91 Å². The molecule has 0 aliphatic heterocycles. The summed E-state index contributed by atoms with van der Waals surface area (Å²) in [5, 5.41) is 21.8. The fraction of sp³-hybridized carbons (Fsp3) is 0.308. The topological polar surface area (TPSA) is 111 Å². The van der Waals surface area contributed by atoms with Crippen LogP contribution in [0.5, 0.6) is 0 Å². The van der Waals surface area contributed by atoms with E-state index in [1.54, 1.807) is 30.3 Å². The summed E-state index contributed by atoms with van der Waals surface area (Å²) in [7, 11) is 0. The lowest BCUT2D eigenvalue weighted by molar-refractivity contribution is 0.0672. The number of para-hydroxylation sites is 1. The highest BCUT2D eigenvalue weighted by Gasteiger charge is 2.20. The van der Waals surface area contributed by atoms with Gasteiger partial charge in [0.1, 0.15) is 0 Å². The second-order valence-corrected chi connectivity index (χ2v) is 4.27. The molecule has 1 aromatic heterocycles. The molecule has 0 radical (unpaired) electrons. The Morgan fingerprint density at radius 2 is 1.81 bits per heavy atom. The number of hydrogen-bond donors (Lipinski definition) is 3. The van der Waals surface area contributed by atoms with Crippen LogP contribution in [0.4, 0.5) is 0 Å². The number of carbonyl (C=O) groups is 1. The van der Waals surface area contributed by atoms with E-state index in [2.05, 4.69) is 10.1 Å². The quantitative estimate of drug-likeness (QED) is 0.631. The van der Waals surface area contributed by atoms with Crippen LogP contribution in [0, 0.1) is 0 Å². The Bertz CT molecular complexity index is 644. The summed E-state index contributed by atoms with van der Waals surface area (Å²) in [6, 6.07) is 8.69. The van der Waals surface area contributed by atoms with E-state index in [9.17, 15) is 9.59 Å². The van der Waals surface area contributed by atoms with Gasteiger partial charge in [-0.2, -0.15) is 4.68 Å². The van der Waals surface area contributed by atoms with Gasteiger partial charge in [-0.1, -0.05) is 18.2 Å². The predicted octanol–water partition coefficient (Wildman–Crippen LogP) is -1.01. The molecular formula is C13H16N4O4. The molecule has 0 aliphatic carbocycles. The Labute approximate surface area is 120 Å². The minimum Gasteiger partial charge on any atom is -0.395 e. The van der Waals surface area contributed by atoms with Gasteiger partial charge in [0.05, 0.1) is 18.9 Å². The second kappa shape index (κ2) is 6.82. The van der Waals surface area contributed by atoms with Crippen molar-refractivity contribution < 1.29 is 15.0 Å². The summed E-state index contributed by atoms with van der Waals surface area (Å²) >= 11 is 0. The molecule has 2 rings (SSSR count). The average Bonchev–Trinajstić information content (AvgIpc) is 2.89. The van der Waals surface area contributed by atoms with Gasteiger partial charge in [0.15, 0.2) is 0 Å². The largest absolute Gasteiger partial charge is 0.395 e. The molecule has 8 nitrogen and oxygen atoms in total. The zero-order valence-electron chi connectivity index (χ0n) is 11.3. The highest BCUT2D eigenvalue weighted by molar-refractivity contribution is 5.90. The van der Waals surface area contributed by atoms with Crippen LogP contribution in [0.1, 0.15) is 10.6 Å². The van der Waals surface area contributed by atoms with Gasteiger partial charge >= 0.3 is 5.69 Å². The number of benzene rings is 1. The summed E-state index contributed by atoms with van der Waals surface area (Å²) in [4.78, 5) is 27.6. The lowest BCUT2D eigenvalue weighted by Crippen LogP contribution is -2.36. The van der Waals surface area contributed by atoms with Gasteiger partial charge in [-0.3, -0.25) is 9.78 Å². The molecule has 0 bridgehead atoms. The van der Waals surface area contributed by atoms with Crippen LogP contribution < -0.4 is 5.69 Å². The summed E-state index contributed by atoms with van der Waals surface area (Å²) in [5.74, 6) is -0.685. The van der Waals surface area contributed by atoms with Crippen LogP contribution in [0.15, 0.2) is 35.1 Å². The monoisotopic (exact) mass is 292 g/mol. The number of rotatable bonds is 6. The molecule has 1 heterocycles. The standard InChI is InChI=1S/C13H16N4O4/c18-8-6-16(7-9-19)12(20)11-14-13(21)17(15-11)10-4-2-1-3-5-10/h1-5,18-19H,6-9H2,(H,14,15,21). The molecule has 0 saturated carbocycles. The van der Waals surface area contributed by atoms with Crippen LogP contribution in [0.3, 0.4) is 0 Å². The number of amides is 1. The number of carbonyl (C=O) groups excluding carboxylic acids is 1. The highest BCUT2D eigenvalue weighted by Crippen LogP contribution is 2.03. The Kier molecular flexibility index (Phi) is 4.85. The lowest BCUT2D eigenvalue weighted by atomic mass is 10.3. The fourth-order valence-corrected chi connectivity index (χ4v) is 1.87. The predicted molar refractivity (Wildman–Crippen MR) is 74.3 cm³/mol. The molecule has 0 fully saturated rings. The molecule has 112 valence electrons. The van der Waals surface area contributed by atoms with E-state index >= 15 is 0 Å². The molecule has 0 atom stereocenters. The first-order valence-corrected chi connectivity index (χ1v) is 6.43. The third-order valence-corrected chi connectivity index (χ3v) is 2.85. The third-order valence-electron chi connectivity index (χ3n) is 2.85. The number of hydrogen-bond acceptors (Lipinski definition) is 5. The molecule has 0 saturated heterocycles. The van der Waals surface area contributed by atoms with Crippen LogP contribution in [0.2, 0.25) is 0 Å². The van der Waals surface area contributed by atoms with Crippen molar-refractivity contribution in [3.8, 4) is 5.69 Å². The van der Waals surface area contributed by atoms with Crippen molar-refractivity contribution in [3.63, 3.8) is 0 Å². The maximum atomic E-state index is 12.2. The van der Waals surface area contributed by atoms with Crippen molar-refractivity contribution in [2.24, 2.45) is 0 Å². The summed E-state index contributed by atoms with van der Waals surface area (Å²) in [5.41, 5.74) is 0.00571. The zero-order chi connectivity index (χ0) is 15.2. The Hall–Kier alpha value is -2.45. The minimum absolute atomic E-state index is 0.0552. The maximum absolute atomic E-state index is 12.2. The van der Waals surface area contributed by atoms with Crippen LogP contribution >= 0.6 is 0 Å². The van der Waals surface area contributed by atoms with Crippen molar-refractivity contribution >= 4 is 5.91 Å². The van der Waals surface area contributed by atoms with E-state index in [0.29, 0.717) is 5.69 Å². The molecule has 0 aliphatic rings. The van der Waals surface area contributed by atoms with E-state index in [1.165, 1.54) is 4.90 Å². The normalized spacial score (nSPS) is 10.6. The van der Waals surface area contributed by atoms with Crippen molar-refractivity contribution in [1.29, 1.82) is 0 Å². The first-order valence-electron chi connectivity index (χ1n) is 6.43. The maximum Gasteiger partial charge on any atom is 0.348 e. The van der Waals surface area contributed by atoms with Crippen molar-refractivity contribution in [1.82, 2.24) is 19.7 Å². The number of nitrogens with zero attached hydrogens (tertiary/aromatic N) is 3. The number of aromatic nitrogens is 3. The van der Waals surface area contributed by atoms with Gasteiger partial charge in [0.2, 0.25) is 5.82 Å². The second-order valence-electron chi connectivity index (χ2n) is 4.27. The van der Waals surface area contributed by atoms with E-state index in [1.807, 2.05) is 0 Å². The fourth-order valence-electron chi connectivity index (χ4n) is 1.87. The SMILES string of the molecule is O=C(c1nn(-c2ccccc2)c(=O)[nH]1)N(CCO)CCO. The van der Waals surface area contributed by atoms with Gasteiger partial charge in [-0.15, -0.1) is 5.10 Å². The lowest BCUT2D eigenvalue weighted by Gasteiger charge is -2.18. The third kappa shape index (κ3) is 3.36. The van der Waals surface area contributed by atoms with Crippen LogP contribution in [-0.2, 0) is 0 Å². The Morgan fingerprint density at radius 1 is 1.19 bits per heavy atom. The Morgan fingerprint density at radius 3 is 2.38 bits per heavy atom. The van der Waals surface area contributed by atoms with Gasteiger partial charge in [-0.25, -0.2) is 4.79 Å². The molecule has 0 unspecified atom stereocenters. The number of aromatic amines is 1. The van der Waals surface area contributed by atoms with Crippen molar-refractivity contribution in [2.45, 2.75) is 0 Å². The number of aliphatic hydroxyl groups is 2. The Balaban J connectivity index is 2.29. The van der Waals surface area contributed by atoms with Crippen LogP contribution in [-0.4, -0.2) is 62.1 Å². The molecule has 0 spiro atoms. The molecule has 2 aromatic rings. The first-order chi connectivity index (χ1) is 10.2. The summed E-state index contributed by atoms with van der Waals surface area (Å²) in [6.45, 7) is -0.371. The highest BCUT2D eigenvalue weighted by atomic mass is 16.3. The van der Waals surface area contributed by atoms with Crippen LogP contribution in [0.25, 0.3) is 5.69 Å². The van der Waals surface area contributed by atoms with E-state index in [4.69, 9.17) is 10.2 Å². The van der Waals surface area contributed by atoms with E-state index in [-0.39, 0.29) is 32.1 Å². The molecule has 3 N–H and O–H groups in total. The summed E-state index contributed by atoms with van der Waals surface area (Å²) in [6.07, 6.45) is 0. The zero-order valence-corrected chi connectivity index (χ0v) is 11.3. The molecule has 8 heteroatoms. The number of aliphatic hydroxyl groups excluding tert-OH is 2. The van der Waals surface area contributed by atoms with Gasteiger partial charge < -0.3 is 15.1 Å². The van der Waals surface area contributed by atoms with Gasteiger partial charge in [0, 0.05) is 13.1 Å². The number of nitrogens with one attached hydrogen (secondary N) is 1. The van der Waals surface area contributed by atoms with Gasteiger partial charge in [-0.05, 0) is 12.1 Å². The smallest absolute Gasteiger partial charge is 0.348 e. The summed E-state index contributed by atoms with van der Waals surface area (Å²) < 4.78 is 1.09. The molecule has 1 aromatic carbocycles. The van der Waals surface area contributed by atoms with E-state index in [0.717, 1.165) is 4.68 Å². The number of H-pyrrole nitrogens is 1. The van der Waals surface area contributed by atoms with Crippen molar-refractivity contribution in [3.05, 3.63) is 46.6 Å². The minimum atomic E-state index is -0.551.